The van der Waals surface area contributed by atoms with Crippen LogP contribution in [0.1, 0.15) is 47.3 Å². The summed E-state index contributed by atoms with van der Waals surface area (Å²) in [6.07, 6.45) is -0.573. The lowest BCUT2D eigenvalue weighted by atomic mass is 9.91. The van der Waals surface area contributed by atoms with Crippen molar-refractivity contribution in [3.8, 4) is 5.75 Å². The molecule has 30 heavy (non-hydrogen) atoms. The maximum absolute atomic E-state index is 13.7. The molecule has 0 aliphatic heterocycles. The number of hydrogen-bond acceptors (Lipinski definition) is 5. The highest BCUT2D eigenvalue weighted by molar-refractivity contribution is 6.03. The minimum atomic E-state index is -4.80. The summed E-state index contributed by atoms with van der Waals surface area (Å²) in [5.74, 6) is -3.38. The van der Waals surface area contributed by atoms with E-state index in [0.717, 1.165) is 24.1 Å². The molecule has 3 N–H and O–H groups in total. The zero-order chi connectivity index (χ0) is 22.2. The molecule has 8 nitrogen and oxygen atoms in total. The van der Waals surface area contributed by atoms with E-state index >= 15 is 0 Å². The van der Waals surface area contributed by atoms with Crippen molar-refractivity contribution in [1.29, 1.82) is 0 Å². The molecular weight excluding hydrogens is 407 g/mol. The van der Waals surface area contributed by atoms with E-state index in [4.69, 9.17) is 5.11 Å². The SMILES string of the molecule is Cn1c(=O)c(C(=O)NCC(=O)O)c(O)c2cc(C3=CCCCC3)c(C(F)(F)F)nc21. The Bertz CT molecular complexity index is 1140. The topological polar surface area (TPSA) is 122 Å². The van der Waals surface area contributed by atoms with Gasteiger partial charge < -0.3 is 15.5 Å². The van der Waals surface area contributed by atoms with Crippen molar-refractivity contribution >= 4 is 28.5 Å². The van der Waals surface area contributed by atoms with Gasteiger partial charge in [0, 0.05) is 12.6 Å². The first-order chi connectivity index (χ1) is 14.0. The monoisotopic (exact) mass is 425 g/mol. The highest BCUT2D eigenvalue weighted by atomic mass is 19.4. The van der Waals surface area contributed by atoms with Crippen LogP contribution in [-0.2, 0) is 18.0 Å². The van der Waals surface area contributed by atoms with Gasteiger partial charge in [0.2, 0.25) is 0 Å². The molecule has 160 valence electrons. The van der Waals surface area contributed by atoms with Gasteiger partial charge in [-0.05, 0) is 37.3 Å². The van der Waals surface area contributed by atoms with E-state index in [1.165, 1.54) is 0 Å². The van der Waals surface area contributed by atoms with Gasteiger partial charge in [0.15, 0.2) is 5.69 Å². The third-order valence-electron chi connectivity index (χ3n) is 4.86. The van der Waals surface area contributed by atoms with E-state index in [0.29, 0.717) is 24.8 Å². The third kappa shape index (κ3) is 3.87. The number of nitrogens with one attached hydrogen (secondary N) is 1. The molecule has 2 aromatic heterocycles. The fourth-order valence-corrected chi connectivity index (χ4v) is 3.43. The number of carbonyl (C=O) groups is 2. The Morgan fingerprint density at radius 1 is 1.30 bits per heavy atom. The zero-order valence-corrected chi connectivity index (χ0v) is 15.8. The highest BCUT2D eigenvalue weighted by Gasteiger charge is 2.37. The van der Waals surface area contributed by atoms with E-state index in [2.05, 4.69) is 4.98 Å². The van der Waals surface area contributed by atoms with E-state index in [1.54, 1.807) is 6.08 Å². The van der Waals surface area contributed by atoms with Gasteiger partial charge in [-0.3, -0.25) is 19.0 Å². The number of fused-ring (bicyclic) bond motifs is 1. The van der Waals surface area contributed by atoms with Crippen molar-refractivity contribution in [2.75, 3.05) is 6.54 Å². The summed E-state index contributed by atoms with van der Waals surface area (Å²) in [5.41, 5.74) is -3.29. The molecule has 2 aromatic rings. The van der Waals surface area contributed by atoms with Crippen LogP contribution in [0.5, 0.6) is 5.75 Å². The van der Waals surface area contributed by atoms with Crippen molar-refractivity contribution in [3.05, 3.63) is 39.3 Å². The number of carbonyl (C=O) groups excluding carboxylic acids is 1. The fraction of sp³-hybridized carbons (Fsp3) is 0.368. The molecule has 0 saturated heterocycles. The van der Waals surface area contributed by atoms with Crippen molar-refractivity contribution in [2.24, 2.45) is 7.05 Å². The van der Waals surface area contributed by atoms with Gasteiger partial charge >= 0.3 is 12.1 Å². The van der Waals surface area contributed by atoms with Crippen molar-refractivity contribution in [3.63, 3.8) is 0 Å². The number of pyridine rings is 2. The lowest BCUT2D eigenvalue weighted by molar-refractivity contribution is -0.141. The van der Waals surface area contributed by atoms with Crippen LogP contribution in [0.15, 0.2) is 16.9 Å². The summed E-state index contributed by atoms with van der Waals surface area (Å²) in [6.45, 7) is -0.803. The largest absolute Gasteiger partial charge is 0.506 e. The number of amides is 1. The molecule has 1 aliphatic carbocycles. The molecule has 3 rings (SSSR count). The Kier molecular flexibility index (Phi) is 5.55. The number of halogens is 3. The van der Waals surface area contributed by atoms with Crippen LogP contribution in [0, 0.1) is 0 Å². The van der Waals surface area contributed by atoms with Gasteiger partial charge in [-0.1, -0.05) is 6.08 Å². The van der Waals surface area contributed by atoms with Crippen molar-refractivity contribution in [2.45, 2.75) is 31.9 Å². The maximum atomic E-state index is 13.7. The quantitative estimate of drug-likeness (QED) is 0.692. The third-order valence-corrected chi connectivity index (χ3v) is 4.86. The lowest BCUT2D eigenvalue weighted by Gasteiger charge is -2.20. The molecule has 0 saturated carbocycles. The summed E-state index contributed by atoms with van der Waals surface area (Å²) in [5, 5.41) is 21.0. The van der Waals surface area contributed by atoms with Crippen molar-refractivity contribution in [1.82, 2.24) is 14.9 Å². The van der Waals surface area contributed by atoms with E-state index < -0.39 is 52.8 Å². The molecule has 0 bridgehead atoms. The molecule has 1 aliphatic rings. The number of allylic oxidation sites excluding steroid dienone is 2. The smallest absolute Gasteiger partial charge is 0.434 e. The number of carboxylic acids is 1. The van der Waals surface area contributed by atoms with Gasteiger partial charge in [0.25, 0.3) is 11.5 Å². The standard InChI is InChI=1S/C19H18F3N3O5/c1-25-16-11(14(28)13(18(25)30)17(29)23-8-12(26)27)7-10(9-5-3-2-4-6-9)15(24-16)19(20,21)22/h5,7,28H,2-4,6,8H2,1H3,(H,23,29)(H,26,27). The van der Waals surface area contributed by atoms with Crippen LogP contribution >= 0.6 is 0 Å². The van der Waals surface area contributed by atoms with Gasteiger partial charge in [-0.25, -0.2) is 4.98 Å². The molecule has 2 heterocycles. The van der Waals surface area contributed by atoms with E-state index in [1.807, 2.05) is 5.32 Å². The Balaban J connectivity index is 2.30. The molecule has 0 unspecified atom stereocenters. The number of rotatable bonds is 4. The van der Waals surface area contributed by atoms with Gasteiger partial charge in [-0.15, -0.1) is 0 Å². The van der Waals surface area contributed by atoms with Crippen LogP contribution in [0.4, 0.5) is 13.2 Å². The average molecular weight is 425 g/mol. The minimum Gasteiger partial charge on any atom is -0.506 e. The number of nitrogens with zero attached hydrogens (tertiary/aromatic N) is 2. The molecule has 0 spiro atoms. The Morgan fingerprint density at radius 2 is 2.00 bits per heavy atom. The summed E-state index contributed by atoms with van der Waals surface area (Å²) in [4.78, 5) is 39.0. The Labute approximate surface area is 167 Å². The Morgan fingerprint density at radius 3 is 2.57 bits per heavy atom. The molecule has 1 amide bonds. The number of carboxylic acid groups (broad SMARTS) is 1. The van der Waals surface area contributed by atoms with Gasteiger partial charge in [-0.2, -0.15) is 13.2 Å². The van der Waals surface area contributed by atoms with Crippen LogP contribution in [-0.4, -0.2) is 38.2 Å². The summed E-state index contributed by atoms with van der Waals surface area (Å²) in [6, 6.07) is 1.07. The predicted octanol–water partition coefficient (Wildman–Crippen LogP) is 2.43. The first-order valence-electron chi connectivity index (χ1n) is 9.05. The maximum Gasteiger partial charge on any atom is 0.434 e. The number of aryl methyl sites for hydroxylation is 1. The summed E-state index contributed by atoms with van der Waals surface area (Å²) >= 11 is 0. The number of aromatic nitrogens is 2. The van der Waals surface area contributed by atoms with Crippen LogP contribution in [0.25, 0.3) is 16.6 Å². The van der Waals surface area contributed by atoms with Crippen LogP contribution in [0.2, 0.25) is 0 Å². The van der Waals surface area contributed by atoms with E-state index in [-0.39, 0.29) is 10.9 Å². The molecule has 11 heteroatoms. The second kappa shape index (κ2) is 7.81. The first kappa shape index (κ1) is 21.3. The van der Waals surface area contributed by atoms with Gasteiger partial charge in [0.1, 0.15) is 23.5 Å². The van der Waals surface area contributed by atoms with Crippen molar-refractivity contribution < 1.29 is 33.0 Å². The number of hydrogen-bond donors (Lipinski definition) is 3. The van der Waals surface area contributed by atoms with Crippen LogP contribution < -0.4 is 10.9 Å². The normalized spacial score (nSPS) is 14.5. The summed E-state index contributed by atoms with van der Waals surface area (Å²) in [7, 11) is 1.12. The van der Waals surface area contributed by atoms with E-state index in [9.17, 15) is 32.7 Å². The molecule has 0 fully saturated rings. The minimum absolute atomic E-state index is 0.216. The molecule has 0 radical (unpaired) electrons. The second-order valence-corrected chi connectivity index (χ2v) is 6.89. The van der Waals surface area contributed by atoms with Crippen LogP contribution in [0.3, 0.4) is 0 Å². The fourth-order valence-electron chi connectivity index (χ4n) is 3.43. The average Bonchev–Trinajstić information content (AvgIpc) is 2.69. The van der Waals surface area contributed by atoms with Gasteiger partial charge in [0.05, 0.1) is 5.39 Å². The molecule has 0 atom stereocenters. The molecular formula is C19H18F3N3O5. The summed E-state index contributed by atoms with van der Waals surface area (Å²) < 4.78 is 41.8. The highest BCUT2D eigenvalue weighted by Crippen LogP contribution is 2.39. The zero-order valence-electron chi connectivity index (χ0n) is 15.8. The lowest BCUT2D eigenvalue weighted by Crippen LogP contribution is -2.35. The second-order valence-electron chi connectivity index (χ2n) is 6.89. The Hall–Kier alpha value is -3.37. The first-order valence-corrected chi connectivity index (χ1v) is 9.05. The predicted molar refractivity (Wildman–Crippen MR) is 100 cm³/mol. The number of aromatic hydroxyl groups is 1. The number of alkyl halides is 3. The number of aliphatic carboxylic acids is 1. The molecule has 0 aromatic carbocycles.